The summed E-state index contributed by atoms with van der Waals surface area (Å²) in [5, 5.41) is 13.0. The molecular weight excluding hydrogens is 344 g/mol. The Labute approximate surface area is 162 Å². The number of hydrogen-bond donors (Lipinski definition) is 1. The van der Waals surface area contributed by atoms with Gasteiger partial charge in [0.2, 0.25) is 0 Å². The quantitative estimate of drug-likeness (QED) is 0.408. The molecule has 5 aromatic rings. The van der Waals surface area contributed by atoms with Crippen LogP contribution in [0, 0.1) is 0 Å². The van der Waals surface area contributed by atoms with E-state index in [0.29, 0.717) is 0 Å². The van der Waals surface area contributed by atoms with Crippen molar-refractivity contribution in [2.24, 2.45) is 0 Å². The lowest BCUT2D eigenvalue weighted by Gasteiger charge is -2.13. The molecule has 0 amide bonds. The molecule has 0 fully saturated rings. The summed E-state index contributed by atoms with van der Waals surface area (Å²) in [6, 6.07) is 30.4. The molecule has 1 heterocycles. The van der Waals surface area contributed by atoms with Gasteiger partial charge in [-0.2, -0.15) is 0 Å². The summed E-state index contributed by atoms with van der Waals surface area (Å²) in [6.07, 6.45) is 0. The van der Waals surface area contributed by atoms with Crippen molar-refractivity contribution in [1.29, 1.82) is 0 Å². The zero-order chi connectivity index (χ0) is 18.7. The zero-order valence-corrected chi connectivity index (χ0v) is 15.0. The van der Waals surface area contributed by atoms with Gasteiger partial charge in [-0.3, -0.25) is 4.57 Å². The minimum absolute atomic E-state index is 0.231. The number of rotatable bonds is 2. The molecule has 0 unspecified atom stereocenters. The van der Waals surface area contributed by atoms with Crippen LogP contribution in [0.3, 0.4) is 0 Å². The third-order valence-corrected chi connectivity index (χ3v) is 5.45. The normalized spacial score (nSPS) is 11.7. The summed E-state index contributed by atoms with van der Waals surface area (Å²) >= 11 is 0. The minimum Gasteiger partial charge on any atom is -0.507 e. The van der Waals surface area contributed by atoms with Crippen LogP contribution in [0.25, 0.3) is 50.4 Å². The first-order valence-corrected chi connectivity index (χ1v) is 9.32. The molecule has 0 aliphatic heterocycles. The van der Waals surface area contributed by atoms with Crippen LogP contribution in [0.5, 0.6) is 5.75 Å². The highest BCUT2D eigenvalue weighted by molar-refractivity contribution is 6.14. The lowest BCUT2D eigenvalue weighted by Crippen LogP contribution is -1.99. The molecule has 0 radical (unpaired) electrons. The summed E-state index contributed by atoms with van der Waals surface area (Å²) in [6.45, 7) is 0. The van der Waals surface area contributed by atoms with Gasteiger partial charge in [-0.05, 0) is 29.7 Å². The number of phenols is 1. The lowest BCUT2D eigenvalue weighted by atomic mass is 10.0. The van der Waals surface area contributed by atoms with Crippen LogP contribution in [-0.2, 0) is 0 Å². The minimum atomic E-state index is 0.231. The van der Waals surface area contributed by atoms with Gasteiger partial charge in [0.1, 0.15) is 11.6 Å². The summed E-state index contributed by atoms with van der Waals surface area (Å²) in [5.41, 5.74) is 6.13. The van der Waals surface area contributed by atoms with E-state index in [1.807, 2.05) is 36.4 Å². The summed E-state index contributed by atoms with van der Waals surface area (Å²) < 4.78 is 2.17. The number of aromatic hydroxyl groups is 1. The molecule has 1 aliphatic carbocycles. The van der Waals surface area contributed by atoms with E-state index in [9.17, 15) is 5.11 Å². The van der Waals surface area contributed by atoms with Crippen LogP contribution in [0.2, 0.25) is 0 Å². The Morgan fingerprint density at radius 2 is 1.32 bits per heavy atom. The Kier molecular flexibility index (Phi) is 3.03. The van der Waals surface area contributed by atoms with Crippen LogP contribution in [0.1, 0.15) is 0 Å². The molecule has 0 saturated heterocycles. The molecule has 0 bridgehead atoms. The SMILES string of the molecule is Oc1ccccc1-c1nc2c(n1-c1ccccc1)-c1cccc3cccc-2c13. The van der Waals surface area contributed by atoms with Gasteiger partial charge in [-0.15, -0.1) is 0 Å². The van der Waals surface area contributed by atoms with Gasteiger partial charge >= 0.3 is 0 Å². The van der Waals surface area contributed by atoms with Gasteiger partial charge < -0.3 is 5.11 Å². The fourth-order valence-electron chi connectivity index (χ4n) is 4.26. The maximum Gasteiger partial charge on any atom is 0.149 e. The second-order valence-corrected chi connectivity index (χ2v) is 7.03. The maximum absolute atomic E-state index is 10.5. The van der Waals surface area contributed by atoms with E-state index < -0.39 is 0 Å². The van der Waals surface area contributed by atoms with E-state index >= 15 is 0 Å². The van der Waals surface area contributed by atoms with Gasteiger partial charge in [0, 0.05) is 22.2 Å². The first kappa shape index (κ1) is 15.2. The van der Waals surface area contributed by atoms with E-state index in [0.717, 1.165) is 34.0 Å². The van der Waals surface area contributed by atoms with Gasteiger partial charge in [-0.25, -0.2) is 4.98 Å². The third-order valence-electron chi connectivity index (χ3n) is 5.45. The molecule has 3 nitrogen and oxygen atoms in total. The Morgan fingerprint density at radius 3 is 2.11 bits per heavy atom. The Hall–Kier alpha value is -3.85. The number of imidazole rings is 1. The molecule has 0 atom stereocenters. The fraction of sp³-hybridized carbons (Fsp3) is 0. The molecule has 1 aliphatic rings. The van der Waals surface area contributed by atoms with Crippen LogP contribution >= 0.6 is 0 Å². The van der Waals surface area contributed by atoms with Gasteiger partial charge in [0.15, 0.2) is 0 Å². The number of aromatic nitrogens is 2. The third kappa shape index (κ3) is 1.96. The van der Waals surface area contributed by atoms with Crippen molar-refractivity contribution in [3.8, 4) is 45.3 Å². The largest absolute Gasteiger partial charge is 0.507 e. The van der Waals surface area contributed by atoms with Crippen molar-refractivity contribution in [2.75, 3.05) is 0 Å². The number of benzene rings is 4. The first-order valence-electron chi connectivity index (χ1n) is 9.32. The molecule has 0 saturated carbocycles. The lowest BCUT2D eigenvalue weighted by molar-refractivity contribution is 0.477. The number of fused-ring (bicyclic) bond motifs is 3. The van der Waals surface area contributed by atoms with Gasteiger partial charge in [-0.1, -0.05) is 66.7 Å². The maximum atomic E-state index is 10.5. The molecule has 28 heavy (non-hydrogen) atoms. The molecule has 1 aromatic heterocycles. The van der Waals surface area contributed by atoms with Crippen LogP contribution in [-0.4, -0.2) is 14.7 Å². The predicted octanol–water partition coefficient (Wildman–Crippen LogP) is 6.05. The highest BCUT2D eigenvalue weighted by Gasteiger charge is 2.30. The van der Waals surface area contributed by atoms with Crippen molar-refractivity contribution < 1.29 is 5.11 Å². The second kappa shape index (κ2) is 5.57. The van der Waals surface area contributed by atoms with Gasteiger partial charge in [0.25, 0.3) is 0 Å². The zero-order valence-electron chi connectivity index (χ0n) is 15.0. The fourth-order valence-corrected chi connectivity index (χ4v) is 4.26. The van der Waals surface area contributed by atoms with Crippen LogP contribution in [0.4, 0.5) is 0 Å². The number of hydrogen-bond acceptors (Lipinski definition) is 2. The number of para-hydroxylation sites is 2. The Bertz CT molecular complexity index is 1360. The molecule has 1 N–H and O–H groups in total. The highest BCUT2D eigenvalue weighted by Crippen LogP contribution is 2.49. The summed E-state index contributed by atoms with van der Waals surface area (Å²) in [5.74, 6) is 0.982. The van der Waals surface area contributed by atoms with Crippen molar-refractivity contribution >= 4 is 10.8 Å². The van der Waals surface area contributed by atoms with Gasteiger partial charge in [0.05, 0.1) is 17.0 Å². The summed E-state index contributed by atoms with van der Waals surface area (Å²) in [4.78, 5) is 5.04. The monoisotopic (exact) mass is 360 g/mol. The van der Waals surface area contributed by atoms with E-state index in [4.69, 9.17) is 4.98 Å². The highest BCUT2D eigenvalue weighted by atomic mass is 16.3. The molecule has 4 aromatic carbocycles. The van der Waals surface area contributed by atoms with Crippen molar-refractivity contribution in [1.82, 2.24) is 9.55 Å². The Balaban J connectivity index is 1.76. The van der Waals surface area contributed by atoms with Crippen LogP contribution in [0.15, 0.2) is 91.0 Å². The average Bonchev–Trinajstić information content (AvgIpc) is 3.27. The van der Waals surface area contributed by atoms with E-state index in [-0.39, 0.29) is 5.75 Å². The molecule has 3 heteroatoms. The van der Waals surface area contributed by atoms with Crippen molar-refractivity contribution in [2.45, 2.75) is 0 Å². The standard InChI is InChI=1S/C25H16N2O/c28-21-15-5-4-12-18(21)25-26-23-19-13-6-8-16-9-7-14-20(22(16)19)24(23)27(25)17-10-2-1-3-11-17/h1-15,28H. The van der Waals surface area contributed by atoms with E-state index in [1.54, 1.807) is 6.07 Å². The number of nitrogens with zero attached hydrogens (tertiary/aromatic N) is 2. The summed E-state index contributed by atoms with van der Waals surface area (Å²) in [7, 11) is 0. The van der Waals surface area contributed by atoms with Crippen molar-refractivity contribution in [3.05, 3.63) is 91.0 Å². The number of phenolic OH excluding ortho intramolecular Hbond substituents is 1. The average molecular weight is 360 g/mol. The second-order valence-electron chi connectivity index (χ2n) is 7.03. The van der Waals surface area contributed by atoms with E-state index in [1.165, 1.54) is 16.3 Å². The molecule has 132 valence electrons. The predicted molar refractivity (Wildman–Crippen MR) is 113 cm³/mol. The van der Waals surface area contributed by atoms with Crippen molar-refractivity contribution in [3.63, 3.8) is 0 Å². The molecular formula is C25H16N2O. The van der Waals surface area contributed by atoms with E-state index in [2.05, 4.69) is 53.1 Å². The first-order chi connectivity index (χ1) is 13.8. The van der Waals surface area contributed by atoms with Crippen LogP contribution < -0.4 is 0 Å². The Morgan fingerprint density at radius 1 is 0.643 bits per heavy atom. The molecule has 6 rings (SSSR count). The molecule has 0 spiro atoms. The smallest absolute Gasteiger partial charge is 0.149 e. The topological polar surface area (TPSA) is 38.1 Å².